The van der Waals surface area contributed by atoms with Gasteiger partial charge in [0.2, 0.25) is 10.0 Å². The smallest absolute Gasteiger partial charge is 0.312 e. The van der Waals surface area contributed by atoms with E-state index >= 15 is 0 Å². The molecule has 0 fully saturated rings. The third-order valence-electron chi connectivity index (χ3n) is 2.66. The minimum atomic E-state index is -3.90. The van der Waals surface area contributed by atoms with Gasteiger partial charge in [-0.3, -0.25) is 10.1 Å². The van der Waals surface area contributed by atoms with Crippen LogP contribution in [0.1, 0.15) is 13.3 Å². The second-order valence-corrected chi connectivity index (χ2v) is 6.90. The van der Waals surface area contributed by atoms with Gasteiger partial charge in [-0.25, -0.2) is 13.1 Å². The first-order valence-electron chi connectivity index (χ1n) is 6.44. The molecule has 1 aromatic carbocycles. The van der Waals surface area contributed by atoms with E-state index in [9.17, 15) is 18.5 Å². The van der Waals surface area contributed by atoms with Gasteiger partial charge in [0.1, 0.15) is 5.69 Å². The first-order valence-corrected chi connectivity index (χ1v) is 9.31. The van der Waals surface area contributed by atoms with Crippen molar-refractivity contribution in [1.29, 1.82) is 0 Å². The lowest BCUT2D eigenvalue weighted by Crippen LogP contribution is -2.26. The average Bonchev–Trinajstić information content (AvgIpc) is 2.43. The van der Waals surface area contributed by atoms with Gasteiger partial charge < -0.3 is 5.32 Å². The maximum absolute atomic E-state index is 12.2. The predicted molar refractivity (Wildman–Crippen MR) is 85.4 cm³/mol. The SMILES string of the molecule is CCNc1cccc(S(=O)(=O)NCCCSC)c1[N+](=O)[O-]. The van der Waals surface area contributed by atoms with Crippen LogP contribution in [0.2, 0.25) is 0 Å². The number of nitro groups is 1. The monoisotopic (exact) mass is 333 g/mol. The quantitative estimate of drug-likeness (QED) is 0.407. The van der Waals surface area contributed by atoms with Crippen molar-refractivity contribution >= 4 is 33.2 Å². The lowest BCUT2D eigenvalue weighted by Gasteiger charge is -2.10. The predicted octanol–water partition coefficient (Wildman–Crippen LogP) is 2.06. The molecule has 0 amide bonds. The van der Waals surface area contributed by atoms with Crippen molar-refractivity contribution in [2.45, 2.75) is 18.2 Å². The number of para-hydroxylation sites is 1. The summed E-state index contributed by atoms with van der Waals surface area (Å²) in [6.07, 6.45) is 2.60. The highest BCUT2D eigenvalue weighted by Crippen LogP contribution is 2.31. The Labute approximate surface area is 128 Å². The van der Waals surface area contributed by atoms with Gasteiger partial charge >= 0.3 is 5.69 Å². The summed E-state index contributed by atoms with van der Waals surface area (Å²) in [5.41, 5.74) is -0.216. The molecule has 21 heavy (non-hydrogen) atoms. The van der Waals surface area contributed by atoms with Gasteiger partial charge in [0.05, 0.1) is 4.92 Å². The summed E-state index contributed by atoms with van der Waals surface area (Å²) in [5.74, 6) is 0.821. The molecular formula is C12H19N3O4S2. The number of nitro benzene ring substituents is 1. The topological polar surface area (TPSA) is 101 Å². The highest BCUT2D eigenvalue weighted by molar-refractivity contribution is 7.98. The first-order chi connectivity index (χ1) is 9.94. The molecule has 0 saturated heterocycles. The molecule has 2 N–H and O–H groups in total. The average molecular weight is 333 g/mol. The molecule has 9 heteroatoms. The highest BCUT2D eigenvalue weighted by Gasteiger charge is 2.28. The minimum Gasteiger partial charge on any atom is -0.380 e. The molecule has 0 aliphatic carbocycles. The number of hydrogen-bond donors (Lipinski definition) is 2. The molecule has 0 aromatic heterocycles. The zero-order valence-electron chi connectivity index (χ0n) is 12.0. The Hall–Kier alpha value is -1.32. The van der Waals surface area contributed by atoms with E-state index < -0.39 is 20.6 Å². The van der Waals surface area contributed by atoms with Crippen molar-refractivity contribution in [2.24, 2.45) is 0 Å². The summed E-state index contributed by atoms with van der Waals surface area (Å²) in [6.45, 7) is 2.50. The minimum absolute atomic E-state index is 0.203. The molecule has 7 nitrogen and oxygen atoms in total. The van der Waals surface area contributed by atoms with Gasteiger partial charge in [0, 0.05) is 13.1 Å². The molecule has 1 aromatic rings. The van der Waals surface area contributed by atoms with Crippen LogP contribution in [0, 0.1) is 10.1 Å². The van der Waals surface area contributed by atoms with E-state index in [2.05, 4.69) is 10.0 Å². The summed E-state index contributed by atoms with van der Waals surface area (Å²) >= 11 is 1.61. The van der Waals surface area contributed by atoms with Crippen molar-refractivity contribution in [1.82, 2.24) is 4.72 Å². The Morgan fingerprint density at radius 1 is 1.38 bits per heavy atom. The Bertz CT molecular complexity index is 590. The van der Waals surface area contributed by atoms with Crippen LogP contribution in [-0.2, 0) is 10.0 Å². The maximum Gasteiger partial charge on any atom is 0.312 e. The fourth-order valence-electron chi connectivity index (χ4n) is 1.76. The molecular weight excluding hydrogens is 314 g/mol. The number of thioether (sulfide) groups is 1. The Balaban J connectivity index is 3.10. The fraction of sp³-hybridized carbons (Fsp3) is 0.500. The normalized spacial score (nSPS) is 11.3. The van der Waals surface area contributed by atoms with Gasteiger partial charge in [-0.1, -0.05) is 6.07 Å². The summed E-state index contributed by atoms with van der Waals surface area (Å²) in [7, 11) is -3.90. The van der Waals surface area contributed by atoms with Gasteiger partial charge in [0.15, 0.2) is 4.90 Å². The van der Waals surface area contributed by atoms with Crippen molar-refractivity contribution in [3.8, 4) is 0 Å². The summed E-state index contributed by atoms with van der Waals surface area (Å²) in [5, 5.41) is 14.0. The lowest BCUT2D eigenvalue weighted by atomic mass is 10.2. The second kappa shape index (κ2) is 8.20. The second-order valence-electron chi connectivity index (χ2n) is 4.18. The number of rotatable bonds is 9. The van der Waals surface area contributed by atoms with Crippen molar-refractivity contribution in [3.63, 3.8) is 0 Å². The van der Waals surface area contributed by atoms with Crippen LogP contribution in [0.4, 0.5) is 11.4 Å². The molecule has 118 valence electrons. The van der Waals surface area contributed by atoms with E-state index in [0.717, 1.165) is 5.75 Å². The molecule has 0 bridgehead atoms. The third-order valence-corrected chi connectivity index (χ3v) is 4.85. The number of nitrogens with one attached hydrogen (secondary N) is 2. The van der Waals surface area contributed by atoms with E-state index in [4.69, 9.17) is 0 Å². The van der Waals surface area contributed by atoms with Crippen molar-refractivity contribution in [3.05, 3.63) is 28.3 Å². The van der Waals surface area contributed by atoms with Gasteiger partial charge in [0.25, 0.3) is 0 Å². The van der Waals surface area contributed by atoms with E-state index in [1.165, 1.54) is 18.2 Å². The molecule has 0 spiro atoms. The molecule has 1 rings (SSSR count). The number of nitrogens with zero attached hydrogens (tertiary/aromatic N) is 1. The Kier molecular flexibility index (Phi) is 6.93. The number of anilines is 1. The number of benzene rings is 1. The number of hydrogen-bond acceptors (Lipinski definition) is 6. The largest absolute Gasteiger partial charge is 0.380 e. The van der Waals surface area contributed by atoms with E-state index in [1.54, 1.807) is 18.7 Å². The van der Waals surface area contributed by atoms with Crippen LogP contribution in [0.3, 0.4) is 0 Å². The van der Waals surface area contributed by atoms with Crippen LogP contribution in [0.5, 0.6) is 0 Å². The number of sulfonamides is 1. The summed E-state index contributed by atoms with van der Waals surface area (Å²) in [4.78, 5) is 10.2. The maximum atomic E-state index is 12.2. The molecule has 0 heterocycles. The Morgan fingerprint density at radius 2 is 2.10 bits per heavy atom. The van der Waals surface area contributed by atoms with Gasteiger partial charge in [-0.15, -0.1) is 0 Å². The van der Waals surface area contributed by atoms with Crippen LogP contribution < -0.4 is 10.0 Å². The van der Waals surface area contributed by atoms with Crippen molar-refractivity contribution < 1.29 is 13.3 Å². The standard InChI is InChI=1S/C12H19N3O4S2/c1-3-13-10-6-4-7-11(12(10)15(16)17)21(18,19)14-8-5-9-20-2/h4,6-7,13-14H,3,5,8-9H2,1-2H3. The highest BCUT2D eigenvalue weighted by atomic mass is 32.2. The van der Waals surface area contributed by atoms with Crippen LogP contribution >= 0.6 is 11.8 Å². The first kappa shape index (κ1) is 17.7. The summed E-state index contributed by atoms with van der Waals surface area (Å²) in [6, 6.07) is 4.23. The zero-order valence-corrected chi connectivity index (χ0v) is 13.6. The zero-order chi connectivity index (χ0) is 15.9. The van der Waals surface area contributed by atoms with E-state index in [1.807, 2.05) is 6.26 Å². The lowest BCUT2D eigenvalue weighted by molar-refractivity contribution is -0.386. The molecule has 0 radical (unpaired) electrons. The van der Waals surface area contributed by atoms with Crippen LogP contribution in [0.25, 0.3) is 0 Å². The van der Waals surface area contributed by atoms with Gasteiger partial charge in [-0.05, 0) is 37.5 Å². The van der Waals surface area contributed by atoms with Crippen LogP contribution in [-0.4, -0.2) is 38.4 Å². The van der Waals surface area contributed by atoms with Crippen LogP contribution in [0.15, 0.2) is 23.1 Å². The molecule has 0 unspecified atom stereocenters. The molecule has 0 atom stereocenters. The van der Waals surface area contributed by atoms with Crippen molar-refractivity contribution in [2.75, 3.05) is 30.4 Å². The van der Waals surface area contributed by atoms with Gasteiger partial charge in [-0.2, -0.15) is 11.8 Å². The van der Waals surface area contributed by atoms with E-state index in [0.29, 0.717) is 13.0 Å². The fourth-order valence-corrected chi connectivity index (χ4v) is 3.46. The molecule has 0 saturated carbocycles. The third kappa shape index (κ3) is 4.87. The molecule has 0 aliphatic rings. The molecule has 0 aliphatic heterocycles. The van der Waals surface area contributed by atoms with E-state index in [-0.39, 0.29) is 17.1 Å². The summed E-state index contributed by atoms with van der Waals surface area (Å²) < 4.78 is 26.9. The Morgan fingerprint density at radius 3 is 2.67 bits per heavy atom.